The van der Waals surface area contributed by atoms with Crippen molar-refractivity contribution in [3.05, 3.63) is 60.2 Å². The number of halogens is 2. The fourth-order valence-corrected chi connectivity index (χ4v) is 3.80. The second-order valence-corrected chi connectivity index (χ2v) is 7.19. The van der Waals surface area contributed by atoms with Gasteiger partial charge < -0.3 is 9.64 Å². The Morgan fingerprint density at radius 1 is 1.07 bits per heavy atom. The van der Waals surface area contributed by atoms with Crippen molar-refractivity contribution < 1.29 is 18.3 Å². The largest absolute Gasteiger partial charge is 0.372 e. The smallest absolute Gasteiger partial charge is 0.277 e. The minimum Gasteiger partial charge on any atom is -0.372 e. The summed E-state index contributed by atoms with van der Waals surface area (Å²) >= 11 is 0. The van der Waals surface area contributed by atoms with E-state index in [2.05, 4.69) is 12.0 Å². The molecule has 1 fully saturated rings. The number of carbonyl (C=O) groups excluding carboxylic acids is 1. The number of hydrogen-bond acceptors (Lipinski definition) is 4. The monoisotopic (exact) mass is 385 g/mol. The number of anilines is 3. The lowest BCUT2D eigenvalue weighted by molar-refractivity contribution is -0.112. The molecule has 4 rings (SSSR count). The average Bonchev–Trinajstić information content (AvgIpc) is 2.87. The normalized spacial score (nSPS) is 21.9. The molecule has 2 unspecified atom stereocenters. The number of rotatable bonds is 3. The van der Waals surface area contributed by atoms with Crippen molar-refractivity contribution >= 4 is 28.5 Å². The fourth-order valence-electron chi connectivity index (χ4n) is 3.80. The molecule has 0 saturated carbocycles. The Labute approximate surface area is 162 Å². The third kappa shape index (κ3) is 3.11. The van der Waals surface area contributed by atoms with Crippen molar-refractivity contribution in [1.29, 1.82) is 0 Å². The molecule has 0 bridgehead atoms. The van der Waals surface area contributed by atoms with E-state index < -0.39 is 17.5 Å². The molecule has 146 valence electrons. The molecule has 0 aromatic heterocycles. The van der Waals surface area contributed by atoms with Crippen molar-refractivity contribution in [3.8, 4) is 0 Å². The number of fused-ring (bicyclic) bond motifs is 1. The summed E-state index contributed by atoms with van der Waals surface area (Å²) in [7, 11) is 0. The molecule has 0 spiro atoms. The molecular weight excluding hydrogens is 364 g/mol. The van der Waals surface area contributed by atoms with Crippen LogP contribution in [-0.4, -0.2) is 31.2 Å². The average molecular weight is 385 g/mol. The van der Waals surface area contributed by atoms with E-state index in [9.17, 15) is 13.6 Å². The van der Waals surface area contributed by atoms with E-state index in [0.29, 0.717) is 30.2 Å². The molecule has 2 atom stereocenters. The van der Waals surface area contributed by atoms with Crippen LogP contribution < -0.4 is 15.3 Å². The van der Waals surface area contributed by atoms with Gasteiger partial charge in [0.25, 0.3) is 5.91 Å². The van der Waals surface area contributed by atoms with Crippen LogP contribution in [0.4, 0.5) is 25.8 Å². The van der Waals surface area contributed by atoms with Crippen LogP contribution >= 0.6 is 0 Å². The molecule has 1 saturated heterocycles. The van der Waals surface area contributed by atoms with Gasteiger partial charge in [-0.2, -0.15) is 0 Å². The number of carbonyl (C=O) groups is 1. The number of hydrazine groups is 1. The quantitative estimate of drug-likeness (QED) is 0.813. The molecule has 2 aromatic carbocycles. The highest BCUT2D eigenvalue weighted by Crippen LogP contribution is 2.37. The maximum atomic E-state index is 14.8. The Morgan fingerprint density at radius 2 is 1.79 bits per heavy atom. The topological polar surface area (TPSA) is 44.8 Å². The number of benzene rings is 2. The van der Waals surface area contributed by atoms with E-state index in [1.54, 1.807) is 18.2 Å². The predicted molar refractivity (Wildman–Crippen MR) is 105 cm³/mol. The van der Waals surface area contributed by atoms with Gasteiger partial charge in [0, 0.05) is 30.3 Å². The van der Waals surface area contributed by atoms with Crippen LogP contribution in [0.25, 0.3) is 5.57 Å². The van der Waals surface area contributed by atoms with Gasteiger partial charge in [-0.05, 0) is 38.1 Å². The first-order valence-electron chi connectivity index (χ1n) is 9.14. The van der Waals surface area contributed by atoms with E-state index in [1.165, 1.54) is 23.2 Å². The van der Waals surface area contributed by atoms with Crippen LogP contribution in [0.2, 0.25) is 0 Å². The number of nitrogens with zero attached hydrogens (tertiary/aromatic N) is 2. The maximum Gasteiger partial charge on any atom is 0.277 e. The minimum atomic E-state index is -0.516. The molecule has 2 aromatic rings. The Hall–Kier alpha value is -2.93. The molecule has 7 heteroatoms. The van der Waals surface area contributed by atoms with Crippen LogP contribution in [0.15, 0.2) is 43.0 Å². The molecule has 5 nitrogen and oxygen atoms in total. The molecule has 1 amide bonds. The van der Waals surface area contributed by atoms with Crippen LogP contribution in [0.3, 0.4) is 0 Å². The number of morpholine rings is 1. The summed E-state index contributed by atoms with van der Waals surface area (Å²) in [5, 5.41) is 1.19. The summed E-state index contributed by atoms with van der Waals surface area (Å²) in [5.41, 5.74) is 4.31. The number of ether oxygens (including phenoxy) is 1. The third-order valence-corrected chi connectivity index (χ3v) is 4.94. The van der Waals surface area contributed by atoms with Gasteiger partial charge in [0.1, 0.15) is 11.6 Å². The summed E-state index contributed by atoms with van der Waals surface area (Å²) in [6.45, 7) is 8.79. The van der Waals surface area contributed by atoms with Gasteiger partial charge in [-0.25, -0.2) is 13.8 Å². The first-order valence-corrected chi connectivity index (χ1v) is 9.14. The predicted octanol–water partition coefficient (Wildman–Crippen LogP) is 3.97. The fraction of sp³-hybridized carbons (Fsp3) is 0.286. The first kappa shape index (κ1) is 18.4. The SMILES string of the molecule is C=C1C(=O)N(Nc2ccc(N3CC(C)OC(C)C3)c(F)c2)c2cccc(F)c21. The van der Waals surface area contributed by atoms with Crippen molar-refractivity contribution in [3.63, 3.8) is 0 Å². The van der Waals surface area contributed by atoms with E-state index in [0.717, 1.165) is 0 Å². The molecule has 28 heavy (non-hydrogen) atoms. The van der Waals surface area contributed by atoms with Crippen LogP contribution in [0.5, 0.6) is 0 Å². The molecular formula is C21H21F2N3O2. The highest BCUT2D eigenvalue weighted by atomic mass is 19.1. The Bertz CT molecular complexity index is 953. The summed E-state index contributed by atoms with van der Waals surface area (Å²) in [4.78, 5) is 14.4. The second kappa shape index (κ2) is 6.91. The zero-order valence-electron chi connectivity index (χ0n) is 15.7. The van der Waals surface area contributed by atoms with Gasteiger partial charge in [0.2, 0.25) is 0 Å². The molecule has 0 aliphatic carbocycles. The van der Waals surface area contributed by atoms with Crippen LogP contribution in [0.1, 0.15) is 19.4 Å². The lowest BCUT2D eigenvalue weighted by Gasteiger charge is -2.37. The van der Waals surface area contributed by atoms with E-state index in [-0.39, 0.29) is 23.3 Å². The zero-order valence-corrected chi connectivity index (χ0v) is 15.7. The zero-order chi connectivity index (χ0) is 20.0. The summed E-state index contributed by atoms with van der Waals surface area (Å²) in [6.07, 6.45) is 0.0289. The lowest BCUT2D eigenvalue weighted by Crippen LogP contribution is -2.45. The van der Waals surface area contributed by atoms with Gasteiger partial charge in [-0.1, -0.05) is 12.6 Å². The molecule has 2 heterocycles. The molecule has 0 radical (unpaired) electrons. The maximum absolute atomic E-state index is 14.8. The van der Waals surface area contributed by atoms with Gasteiger partial charge in [-0.15, -0.1) is 0 Å². The standard InChI is InChI=1S/C21H21F2N3O2/c1-12-10-25(11-13(2)28-12)18-8-7-15(9-17(18)23)24-26-19-6-4-5-16(22)20(19)14(3)21(26)27/h4-9,12-13,24H,3,10-11H2,1-2H3. The van der Waals surface area contributed by atoms with Crippen molar-refractivity contribution in [1.82, 2.24) is 0 Å². The van der Waals surface area contributed by atoms with Crippen molar-refractivity contribution in [2.75, 3.05) is 28.4 Å². The van der Waals surface area contributed by atoms with Crippen LogP contribution in [0, 0.1) is 11.6 Å². The number of hydrogen-bond donors (Lipinski definition) is 1. The third-order valence-electron chi connectivity index (χ3n) is 4.94. The molecule has 1 N–H and O–H groups in total. The Morgan fingerprint density at radius 3 is 2.46 bits per heavy atom. The van der Waals surface area contributed by atoms with Gasteiger partial charge >= 0.3 is 0 Å². The van der Waals surface area contributed by atoms with Gasteiger partial charge in [-0.3, -0.25) is 10.2 Å². The Kier molecular flexibility index (Phi) is 4.55. The lowest BCUT2D eigenvalue weighted by atomic mass is 10.1. The first-order chi connectivity index (χ1) is 13.3. The summed E-state index contributed by atoms with van der Waals surface area (Å²) in [5.74, 6) is -1.39. The van der Waals surface area contributed by atoms with Crippen molar-refractivity contribution in [2.24, 2.45) is 0 Å². The minimum absolute atomic E-state index is 0.0144. The van der Waals surface area contributed by atoms with Crippen molar-refractivity contribution in [2.45, 2.75) is 26.1 Å². The van der Waals surface area contributed by atoms with Gasteiger partial charge in [0.15, 0.2) is 0 Å². The number of amides is 1. The Balaban J connectivity index is 1.59. The van der Waals surface area contributed by atoms with Gasteiger partial charge in [0.05, 0.1) is 29.3 Å². The highest BCUT2D eigenvalue weighted by Gasteiger charge is 2.34. The second-order valence-electron chi connectivity index (χ2n) is 7.19. The summed E-state index contributed by atoms with van der Waals surface area (Å²) in [6, 6.07) is 9.09. The van der Waals surface area contributed by atoms with Crippen LogP contribution in [-0.2, 0) is 9.53 Å². The molecule has 2 aliphatic rings. The number of nitrogens with one attached hydrogen (secondary N) is 1. The van der Waals surface area contributed by atoms with E-state index in [4.69, 9.17) is 4.74 Å². The molecule has 2 aliphatic heterocycles. The summed E-state index contributed by atoms with van der Waals surface area (Å²) < 4.78 is 34.6. The highest BCUT2D eigenvalue weighted by molar-refractivity contribution is 6.32. The van der Waals surface area contributed by atoms with E-state index in [1.807, 2.05) is 18.7 Å². The van der Waals surface area contributed by atoms with E-state index >= 15 is 0 Å².